The van der Waals surface area contributed by atoms with E-state index in [0.29, 0.717) is 19.2 Å². The minimum Gasteiger partial charge on any atom is -0.359 e. The molecule has 23 heavy (non-hydrogen) atoms. The van der Waals surface area contributed by atoms with Gasteiger partial charge in [-0.25, -0.2) is 8.42 Å². The minimum absolute atomic E-state index is 0.00771. The van der Waals surface area contributed by atoms with Gasteiger partial charge in [-0.05, 0) is 31.4 Å². The molecule has 1 saturated heterocycles. The Morgan fingerprint density at radius 1 is 1.22 bits per heavy atom. The Bertz CT molecular complexity index is 604. The van der Waals surface area contributed by atoms with Crippen molar-refractivity contribution in [3.05, 3.63) is 29.6 Å². The molecule has 1 aromatic heterocycles. The van der Waals surface area contributed by atoms with Crippen LogP contribution >= 0.6 is 0 Å². The predicted octanol–water partition coefficient (Wildman–Crippen LogP) is 1.11. The molecule has 0 radical (unpaired) electrons. The van der Waals surface area contributed by atoms with Gasteiger partial charge in [0.2, 0.25) is 0 Å². The average molecular weight is 339 g/mol. The lowest BCUT2D eigenvalue weighted by molar-refractivity contribution is -0.0334. The number of aromatic nitrogens is 1. The maximum Gasteiger partial charge on any atom is 0.171 e. The Kier molecular flexibility index (Phi) is 5.31. The molecule has 2 heterocycles. The van der Waals surface area contributed by atoms with Gasteiger partial charge < -0.3 is 4.74 Å². The summed E-state index contributed by atoms with van der Waals surface area (Å²) in [6.45, 7) is 2.78. The van der Waals surface area contributed by atoms with Gasteiger partial charge in [-0.15, -0.1) is 0 Å². The summed E-state index contributed by atoms with van der Waals surface area (Å²) in [6.07, 6.45) is 6.54. The number of pyridine rings is 1. The van der Waals surface area contributed by atoms with Gasteiger partial charge in [-0.2, -0.15) is 0 Å². The van der Waals surface area contributed by atoms with Crippen LogP contribution in [0.25, 0.3) is 0 Å². The highest BCUT2D eigenvalue weighted by Crippen LogP contribution is 2.22. The number of nitrogens with one attached hydrogen (secondary N) is 2. The molecule has 128 valence electrons. The van der Waals surface area contributed by atoms with Gasteiger partial charge in [0.05, 0.1) is 11.9 Å². The fourth-order valence-corrected chi connectivity index (χ4v) is 4.68. The summed E-state index contributed by atoms with van der Waals surface area (Å²) in [7, 11) is -3.27. The summed E-state index contributed by atoms with van der Waals surface area (Å²) in [6, 6.07) is 3.66. The summed E-state index contributed by atoms with van der Waals surface area (Å²) in [5.74, 6) is 0.00771. The molecule has 7 heteroatoms. The van der Waals surface area contributed by atoms with Crippen molar-refractivity contribution in [1.29, 1.82) is 0 Å². The van der Waals surface area contributed by atoms with Crippen molar-refractivity contribution < 1.29 is 13.2 Å². The van der Waals surface area contributed by atoms with E-state index in [1.165, 1.54) is 12.8 Å². The third-order valence-electron chi connectivity index (χ3n) is 4.49. The normalized spacial score (nSPS) is 26.5. The first-order valence-corrected chi connectivity index (χ1v) is 10.00. The molecule has 2 atom stereocenters. The summed E-state index contributed by atoms with van der Waals surface area (Å²) >= 11 is 0. The summed E-state index contributed by atoms with van der Waals surface area (Å²) in [5.41, 5.74) is 1.61. The maximum absolute atomic E-state index is 12.5. The maximum atomic E-state index is 12.5. The molecule has 2 unspecified atom stereocenters. The Hall–Kier alpha value is -1.02. The first-order chi connectivity index (χ1) is 11.0. The number of hydrogen-bond acceptors (Lipinski definition) is 6. The molecule has 2 fully saturated rings. The third-order valence-corrected chi connectivity index (χ3v) is 6.43. The van der Waals surface area contributed by atoms with Gasteiger partial charge in [0.25, 0.3) is 0 Å². The van der Waals surface area contributed by atoms with E-state index in [0.717, 1.165) is 24.1 Å². The van der Waals surface area contributed by atoms with Crippen molar-refractivity contribution in [3.63, 3.8) is 0 Å². The Morgan fingerprint density at radius 2 is 2.00 bits per heavy atom. The number of sulfone groups is 1. The van der Waals surface area contributed by atoms with E-state index in [2.05, 4.69) is 15.6 Å². The van der Waals surface area contributed by atoms with Crippen LogP contribution in [-0.2, 0) is 20.3 Å². The van der Waals surface area contributed by atoms with E-state index < -0.39 is 15.2 Å². The second-order valence-electron chi connectivity index (χ2n) is 6.45. The lowest BCUT2D eigenvalue weighted by Gasteiger charge is -2.32. The molecule has 3 rings (SSSR count). The zero-order valence-electron chi connectivity index (χ0n) is 13.5. The van der Waals surface area contributed by atoms with Crippen LogP contribution in [-0.4, -0.2) is 44.2 Å². The highest BCUT2D eigenvalue weighted by molar-refractivity contribution is 7.91. The molecule has 0 aromatic carbocycles. The zero-order chi connectivity index (χ0) is 16.3. The predicted molar refractivity (Wildman–Crippen MR) is 88.5 cm³/mol. The first kappa shape index (κ1) is 16.8. The molecule has 2 aliphatic rings. The van der Waals surface area contributed by atoms with E-state index in [1.54, 1.807) is 6.20 Å². The largest absolute Gasteiger partial charge is 0.359 e. The molecular formula is C16H25N3O3S. The van der Waals surface area contributed by atoms with Crippen LogP contribution in [0.1, 0.15) is 36.9 Å². The van der Waals surface area contributed by atoms with Crippen LogP contribution in [0.4, 0.5) is 0 Å². The van der Waals surface area contributed by atoms with Crippen LogP contribution in [0, 0.1) is 6.92 Å². The molecule has 1 aromatic rings. The van der Waals surface area contributed by atoms with E-state index in [-0.39, 0.29) is 12.0 Å². The molecular weight excluding hydrogens is 314 g/mol. The van der Waals surface area contributed by atoms with Crippen molar-refractivity contribution in [2.24, 2.45) is 0 Å². The van der Waals surface area contributed by atoms with Gasteiger partial charge in [0, 0.05) is 25.0 Å². The summed E-state index contributed by atoms with van der Waals surface area (Å²) in [5, 5.41) is 5.76. The Balaban J connectivity index is 1.52. The molecule has 1 saturated carbocycles. The highest BCUT2D eigenvalue weighted by Gasteiger charge is 2.31. The lowest BCUT2D eigenvalue weighted by atomic mass is 10.3. The van der Waals surface area contributed by atoms with Crippen molar-refractivity contribution in [2.75, 3.05) is 13.1 Å². The number of aryl methyl sites for hydroxylation is 1. The Morgan fingerprint density at radius 3 is 2.61 bits per heavy atom. The fourth-order valence-electron chi connectivity index (χ4n) is 3.14. The zero-order valence-corrected chi connectivity index (χ0v) is 14.3. The fraction of sp³-hybridized carbons (Fsp3) is 0.688. The molecule has 0 amide bonds. The van der Waals surface area contributed by atoms with Crippen molar-refractivity contribution in [2.45, 2.75) is 56.1 Å². The van der Waals surface area contributed by atoms with Crippen molar-refractivity contribution in [1.82, 2.24) is 15.6 Å². The van der Waals surface area contributed by atoms with Gasteiger partial charge in [0.15, 0.2) is 9.84 Å². The summed E-state index contributed by atoms with van der Waals surface area (Å²) < 4.78 is 31.0. The van der Waals surface area contributed by atoms with Gasteiger partial charge in [-0.1, -0.05) is 18.9 Å². The molecule has 1 aliphatic carbocycles. The van der Waals surface area contributed by atoms with Crippen molar-refractivity contribution in [3.8, 4) is 0 Å². The summed E-state index contributed by atoms with van der Waals surface area (Å²) in [4.78, 5) is 4.16. The van der Waals surface area contributed by atoms with E-state index in [1.807, 2.05) is 19.1 Å². The second kappa shape index (κ2) is 7.25. The average Bonchev–Trinajstić information content (AvgIpc) is 3.03. The number of hydrogen-bond donors (Lipinski definition) is 2. The SMILES string of the molecule is Cc1ccc(CS(=O)(=O)C2CNC(OC3CCCC3)CN2)cn1. The quantitative estimate of drug-likeness (QED) is 0.836. The number of piperazine rings is 1. The van der Waals surface area contributed by atoms with Crippen molar-refractivity contribution >= 4 is 9.84 Å². The van der Waals surface area contributed by atoms with Gasteiger partial charge in [-0.3, -0.25) is 15.6 Å². The topological polar surface area (TPSA) is 80.3 Å². The number of rotatable bonds is 5. The van der Waals surface area contributed by atoms with E-state index >= 15 is 0 Å². The van der Waals surface area contributed by atoms with Gasteiger partial charge >= 0.3 is 0 Å². The van der Waals surface area contributed by atoms with Crippen LogP contribution in [0.3, 0.4) is 0 Å². The minimum atomic E-state index is -3.27. The van der Waals surface area contributed by atoms with Crippen LogP contribution < -0.4 is 10.6 Å². The number of nitrogens with zero attached hydrogens (tertiary/aromatic N) is 1. The molecule has 0 bridgehead atoms. The first-order valence-electron chi connectivity index (χ1n) is 8.28. The molecule has 1 aliphatic heterocycles. The standard InChI is InChI=1S/C16H25N3O3S/c1-12-6-7-13(8-17-12)11-23(20,21)16-10-18-15(9-19-16)22-14-4-2-3-5-14/h6-8,14-16,18-19H,2-5,9-11H2,1H3. The van der Waals surface area contributed by atoms with E-state index in [9.17, 15) is 8.42 Å². The van der Waals surface area contributed by atoms with E-state index in [4.69, 9.17) is 4.74 Å². The second-order valence-corrected chi connectivity index (χ2v) is 8.63. The van der Waals surface area contributed by atoms with Gasteiger partial charge in [0.1, 0.15) is 11.6 Å². The smallest absolute Gasteiger partial charge is 0.171 e. The van der Waals surface area contributed by atoms with Crippen LogP contribution in [0.2, 0.25) is 0 Å². The lowest BCUT2D eigenvalue weighted by Crippen LogP contribution is -2.58. The highest BCUT2D eigenvalue weighted by atomic mass is 32.2. The molecule has 6 nitrogen and oxygen atoms in total. The molecule has 2 N–H and O–H groups in total. The van der Waals surface area contributed by atoms with Crippen LogP contribution in [0.5, 0.6) is 0 Å². The Labute approximate surface area is 137 Å². The van der Waals surface area contributed by atoms with Crippen LogP contribution in [0.15, 0.2) is 18.3 Å². The number of ether oxygens (including phenoxy) is 1. The third kappa shape index (κ3) is 4.50. The monoisotopic (exact) mass is 339 g/mol. The molecule has 0 spiro atoms.